The van der Waals surface area contributed by atoms with Crippen LogP contribution < -0.4 is 5.32 Å². The quantitative estimate of drug-likeness (QED) is 0.864. The van der Waals surface area contributed by atoms with E-state index in [0.717, 1.165) is 16.7 Å². The predicted octanol–water partition coefficient (Wildman–Crippen LogP) is 2.63. The minimum absolute atomic E-state index is 0.0219. The van der Waals surface area contributed by atoms with Gasteiger partial charge in [0.15, 0.2) is 0 Å². The Labute approximate surface area is 130 Å². The summed E-state index contributed by atoms with van der Waals surface area (Å²) in [6, 6.07) is 10.7. The zero-order chi connectivity index (χ0) is 16.1. The number of carbonyl (C=O) groups excluding carboxylic acids is 1. The van der Waals surface area contributed by atoms with E-state index in [1.54, 1.807) is 6.07 Å². The lowest BCUT2D eigenvalue weighted by Crippen LogP contribution is -2.34. The van der Waals surface area contributed by atoms with E-state index < -0.39 is 5.95 Å². The summed E-state index contributed by atoms with van der Waals surface area (Å²) in [5, 5.41) is 2.96. The van der Waals surface area contributed by atoms with Gasteiger partial charge < -0.3 is 10.2 Å². The molecule has 0 aliphatic heterocycles. The van der Waals surface area contributed by atoms with Crippen molar-refractivity contribution in [2.24, 2.45) is 0 Å². The molecule has 0 bridgehead atoms. The number of likely N-dealkylation sites (N-methyl/N-ethyl adjacent to an activating group) is 1. The third-order valence-electron chi connectivity index (χ3n) is 3.28. The summed E-state index contributed by atoms with van der Waals surface area (Å²) < 4.78 is 12.9. The molecule has 0 aliphatic rings. The summed E-state index contributed by atoms with van der Waals surface area (Å²) in [6.45, 7) is 2.29. The van der Waals surface area contributed by atoms with E-state index in [1.807, 2.05) is 50.2 Å². The molecule has 4 nitrogen and oxygen atoms in total. The molecule has 0 spiro atoms. The van der Waals surface area contributed by atoms with E-state index in [-0.39, 0.29) is 11.9 Å². The first-order valence-corrected chi connectivity index (χ1v) is 7.11. The van der Waals surface area contributed by atoms with E-state index in [9.17, 15) is 9.18 Å². The zero-order valence-corrected chi connectivity index (χ0v) is 13.0. The van der Waals surface area contributed by atoms with Gasteiger partial charge in [0.2, 0.25) is 11.9 Å². The first kappa shape index (κ1) is 16.1. The van der Waals surface area contributed by atoms with Crippen molar-refractivity contribution in [2.75, 3.05) is 20.6 Å². The number of pyridine rings is 1. The lowest BCUT2D eigenvalue weighted by atomic mass is 10.0. The number of hydrogen-bond donors (Lipinski definition) is 1. The van der Waals surface area contributed by atoms with Crippen molar-refractivity contribution in [2.45, 2.75) is 13.0 Å². The number of nitrogens with zero attached hydrogens (tertiary/aromatic N) is 2. The highest BCUT2D eigenvalue weighted by Crippen LogP contribution is 2.22. The van der Waals surface area contributed by atoms with E-state index in [0.29, 0.717) is 6.54 Å². The molecule has 1 amide bonds. The average molecular weight is 301 g/mol. The maximum Gasteiger partial charge on any atom is 0.234 e. The highest BCUT2D eigenvalue weighted by atomic mass is 19.1. The molecule has 0 saturated heterocycles. The second kappa shape index (κ2) is 7.13. The van der Waals surface area contributed by atoms with Gasteiger partial charge in [0.05, 0.1) is 12.6 Å². The smallest absolute Gasteiger partial charge is 0.234 e. The number of rotatable bonds is 5. The van der Waals surface area contributed by atoms with Gasteiger partial charge in [0.1, 0.15) is 0 Å². The van der Waals surface area contributed by atoms with Gasteiger partial charge in [-0.15, -0.1) is 0 Å². The molecule has 0 fully saturated rings. The average Bonchev–Trinajstić information content (AvgIpc) is 2.47. The summed E-state index contributed by atoms with van der Waals surface area (Å²) >= 11 is 0. The van der Waals surface area contributed by atoms with Crippen LogP contribution in [0.15, 0.2) is 42.6 Å². The summed E-state index contributed by atoms with van der Waals surface area (Å²) in [4.78, 5) is 17.3. The molecule has 1 N–H and O–H groups in total. The van der Waals surface area contributed by atoms with Gasteiger partial charge in [0.25, 0.3) is 0 Å². The molecule has 1 heterocycles. The largest absolute Gasteiger partial charge is 0.348 e. The lowest BCUT2D eigenvalue weighted by Gasteiger charge is -2.17. The molecular formula is C17H20FN3O. The molecule has 0 radical (unpaired) electrons. The minimum atomic E-state index is -0.496. The van der Waals surface area contributed by atoms with Crippen LogP contribution in [0, 0.1) is 5.95 Å². The van der Waals surface area contributed by atoms with E-state index in [2.05, 4.69) is 10.3 Å². The summed E-state index contributed by atoms with van der Waals surface area (Å²) in [5.74, 6) is -0.518. The Morgan fingerprint density at radius 1 is 1.27 bits per heavy atom. The fourth-order valence-corrected chi connectivity index (χ4v) is 2.19. The fourth-order valence-electron chi connectivity index (χ4n) is 2.19. The Morgan fingerprint density at radius 2 is 2.05 bits per heavy atom. The molecule has 0 aliphatic carbocycles. The summed E-state index contributed by atoms with van der Waals surface area (Å²) in [5.41, 5.74) is 2.78. The van der Waals surface area contributed by atoms with Crippen LogP contribution in [-0.4, -0.2) is 36.4 Å². The number of hydrogen-bond acceptors (Lipinski definition) is 3. The molecule has 1 atom stereocenters. The summed E-state index contributed by atoms with van der Waals surface area (Å²) in [7, 11) is 3.71. The van der Waals surface area contributed by atoms with Crippen LogP contribution >= 0.6 is 0 Å². The summed E-state index contributed by atoms with van der Waals surface area (Å²) in [6.07, 6.45) is 1.50. The molecule has 1 aromatic heterocycles. The van der Waals surface area contributed by atoms with Crippen molar-refractivity contribution < 1.29 is 9.18 Å². The fraction of sp³-hybridized carbons (Fsp3) is 0.294. The molecule has 2 rings (SSSR count). The molecule has 22 heavy (non-hydrogen) atoms. The van der Waals surface area contributed by atoms with Crippen LogP contribution in [0.3, 0.4) is 0 Å². The minimum Gasteiger partial charge on any atom is -0.348 e. The van der Waals surface area contributed by atoms with E-state index in [4.69, 9.17) is 0 Å². The molecule has 1 aromatic carbocycles. The number of aromatic nitrogens is 1. The monoisotopic (exact) mass is 301 g/mol. The van der Waals surface area contributed by atoms with Crippen LogP contribution in [0.4, 0.5) is 4.39 Å². The Kier molecular flexibility index (Phi) is 5.22. The molecule has 2 aromatic rings. The normalized spacial score (nSPS) is 12.2. The van der Waals surface area contributed by atoms with Gasteiger partial charge in [-0.1, -0.05) is 18.2 Å². The Balaban J connectivity index is 2.14. The Bertz CT molecular complexity index is 641. The second-order valence-corrected chi connectivity index (χ2v) is 5.52. The number of carbonyl (C=O) groups is 1. The lowest BCUT2D eigenvalue weighted by molar-refractivity contribution is -0.122. The molecule has 0 saturated carbocycles. The maximum atomic E-state index is 12.9. The maximum absolute atomic E-state index is 12.9. The van der Waals surface area contributed by atoms with Gasteiger partial charge in [0, 0.05) is 11.8 Å². The van der Waals surface area contributed by atoms with Crippen molar-refractivity contribution >= 4 is 5.91 Å². The second-order valence-electron chi connectivity index (χ2n) is 5.52. The van der Waals surface area contributed by atoms with Gasteiger partial charge in [-0.3, -0.25) is 4.79 Å². The molecule has 5 heteroatoms. The first-order chi connectivity index (χ1) is 10.5. The van der Waals surface area contributed by atoms with Crippen molar-refractivity contribution in [3.63, 3.8) is 0 Å². The van der Waals surface area contributed by atoms with Crippen molar-refractivity contribution in [1.82, 2.24) is 15.2 Å². The number of amides is 1. The predicted molar refractivity (Wildman–Crippen MR) is 84.7 cm³/mol. The van der Waals surface area contributed by atoms with Gasteiger partial charge in [-0.25, -0.2) is 4.98 Å². The third-order valence-corrected chi connectivity index (χ3v) is 3.28. The number of nitrogens with one attached hydrogen (secondary N) is 1. The van der Waals surface area contributed by atoms with Crippen LogP contribution in [0.5, 0.6) is 0 Å². The van der Waals surface area contributed by atoms with Crippen LogP contribution in [0.1, 0.15) is 18.5 Å². The zero-order valence-electron chi connectivity index (χ0n) is 13.0. The standard InChI is InChI=1S/C17H20FN3O/c1-12(20-17(22)11-21(2)3)13-5-4-6-14(9-13)15-7-8-16(18)19-10-15/h4-10,12H,11H2,1-3H3,(H,20,22). The van der Waals surface area contributed by atoms with Gasteiger partial charge in [-0.05, 0) is 50.3 Å². The molecule has 116 valence electrons. The van der Waals surface area contributed by atoms with Crippen LogP contribution in [0.2, 0.25) is 0 Å². The van der Waals surface area contributed by atoms with Crippen molar-refractivity contribution in [3.05, 3.63) is 54.1 Å². The SMILES string of the molecule is CC(NC(=O)CN(C)C)c1cccc(-c2ccc(F)nc2)c1. The van der Waals surface area contributed by atoms with Crippen molar-refractivity contribution in [1.29, 1.82) is 0 Å². The van der Waals surface area contributed by atoms with E-state index >= 15 is 0 Å². The Morgan fingerprint density at radius 3 is 2.68 bits per heavy atom. The molecular weight excluding hydrogens is 281 g/mol. The molecule has 1 unspecified atom stereocenters. The first-order valence-electron chi connectivity index (χ1n) is 7.11. The van der Waals surface area contributed by atoms with Crippen LogP contribution in [0.25, 0.3) is 11.1 Å². The number of halogens is 1. The van der Waals surface area contributed by atoms with Crippen LogP contribution in [-0.2, 0) is 4.79 Å². The van der Waals surface area contributed by atoms with Gasteiger partial charge >= 0.3 is 0 Å². The van der Waals surface area contributed by atoms with Crippen molar-refractivity contribution in [3.8, 4) is 11.1 Å². The highest BCUT2D eigenvalue weighted by molar-refractivity contribution is 5.78. The third kappa shape index (κ3) is 4.36. The number of benzene rings is 1. The Hall–Kier alpha value is -2.27. The van der Waals surface area contributed by atoms with Gasteiger partial charge in [-0.2, -0.15) is 4.39 Å². The van der Waals surface area contributed by atoms with E-state index in [1.165, 1.54) is 12.3 Å². The topological polar surface area (TPSA) is 45.2 Å². The highest BCUT2D eigenvalue weighted by Gasteiger charge is 2.11.